The number of nitrogens with zero attached hydrogens (tertiary/aromatic N) is 4. The van der Waals surface area contributed by atoms with Gasteiger partial charge in [0.05, 0.1) is 10.6 Å². The number of anilines is 1. The Bertz CT molecular complexity index is 1040. The lowest BCUT2D eigenvalue weighted by Gasteiger charge is -2.28. The molecule has 148 valence electrons. The Morgan fingerprint density at radius 1 is 1.04 bits per heavy atom. The number of aliphatic hydroxyl groups is 1. The first kappa shape index (κ1) is 19.8. The molecular formula is C16H14F3N5O3S. The summed E-state index contributed by atoms with van der Waals surface area (Å²) in [7, 11) is -2.63. The minimum atomic E-state index is -5.14. The van der Waals surface area contributed by atoms with Gasteiger partial charge in [-0.05, 0) is 24.3 Å². The van der Waals surface area contributed by atoms with Crippen molar-refractivity contribution in [2.45, 2.75) is 16.7 Å². The number of hydrogen-bond acceptors (Lipinski definition) is 6. The largest absolute Gasteiger partial charge is 0.429 e. The van der Waals surface area contributed by atoms with Gasteiger partial charge < -0.3 is 5.11 Å². The summed E-state index contributed by atoms with van der Waals surface area (Å²) in [5.41, 5.74) is -3.99. The lowest BCUT2D eigenvalue weighted by Crippen LogP contribution is -2.44. The number of aromatic nitrogens is 4. The van der Waals surface area contributed by atoms with Gasteiger partial charge in [0.25, 0.3) is 10.0 Å². The van der Waals surface area contributed by atoms with E-state index in [0.717, 1.165) is 28.6 Å². The molecule has 0 aliphatic carbocycles. The number of alkyl halides is 3. The van der Waals surface area contributed by atoms with Crippen molar-refractivity contribution in [2.24, 2.45) is 0 Å². The highest BCUT2D eigenvalue weighted by Crippen LogP contribution is 2.42. The Balaban J connectivity index is 1.99. The second-order valence-electron chi connectivity index (χ2n) is 5.78. The maximum Gasteiger partial charge on any atom is 0.429 e. The van der Waals surface area contributed by atoms with Crippen molar-refractivity contribution >= 4 is 15.7 Å². The molecule has 3 rings (SSSR count). The van der Waals surface area contributed by atoms with Gasteiger partial charge >= 0.3 is 6.18 Å². The summed E-state index contributed by atoms with van der Waals surface area (Å²) >= 11 is 0. The van der Waals surface area contributed by atoms with Crippen LogP contribution >= 0.6 is 0 Å². The molecule has 0 aliphatic heterocycles. The molecule has 0 radical (unpaired) electrons. The van der Waals surface area contributed by atoms with Crippen LogP contribution in [0.25, 0.3) is 0 Å². The van der Waals surface area contributed by atoms with Gasteiger partial charge in [0, 0.05) is 12.6 Å². The van der Waals surface area contributed by atoms with Crippen molar-refractivity contribution < 1.29 is 26.7 Å². The van der Waals surface area contributed by atoms with Gasteiger partial charge in [0.1, 0.15) is 0 Å². The van der Waals surface area contributed by atoms with E-state index >= 15 is 0 Å². The fourth-order valence-electron chi connectivity index (χ4n) is 2.54. The van der Waals surface area contributed by atoms with Gasteiger partial charge in [-0.1, -0.05) is 35.5 Å². The molecule has 0 saturated heterocycles. The Kier molecular flexibility index (Phi) is 4.85. The summed E-state index contributed by atoms with van der Waals surface area (Å²) in [6.07, 6.45) is -5.14. The van der Waals surface area contributed by atoms with Crippen LogP contribution in [-0.2, 0) is 15.6 Å². The molecule has 3 aromatic rings. The van der Waals surface area contributed by atoms with Crippen molar-refractivity contribution in [3.63, 3.8) is 0 Å². The van der Waals surface area contributed by atoms with Crippen LogP contribution in [0.2, 0.25) is 0 Å². The average molecular weight is 413 g/mol. The zero-order valence-corrected chi connectivity index (χ0v) is 15.1. The Morgan fingerprint density at radius 2 is 1.64 bits per heavy atom. The number of sulfonamides is 1. The molecule has 1 heterocycles. The molecule has 2 N–H and O–H groups in total. The zero-order chi connectivity index (χ0) is 20.6. The van der Waals surface area contributed by atoms with Gasteiger partial charge in [0.2, 0.25) is 11.4 Å². The monoisotopic (exact) mass is 413 g/mol. The molecule has 1 atom stereocenters. The first-order valence-electron chi connectivity index (χ1n) is 7.76. The van der Waals surface area contributed by atoms with Crippen LogP contribution in [0, 0.1) is 0 Å². The summed E-state index contributed by atoms with van der Waals surface area (Å²) in [6.45, 7) is 0. The molecule has 0 spiro atoms. The molecule has 0 fully saturated rings. The summed E-state index contributed by atoms with van der Waals surface area (Å²) in [5, 5.41) is 21.7. The average Bonchev–Trinajstić information content (AvgIpc) is 3.22. The number of rotatable bonds is 5. The number of nitrogens with one attached hydrogen (secondary N) is 1. The van der Waals surface area contributed by atoms with Crippen molar-refractivity contribution in [3.8, 4) is 0 Å². The van der Waals surface area contributed by atoms with E-state index in [1.807, 2.05) is 5.21 Å². The van der Waals surface area contributed by atoms with E-state index in [4.69, 9.17) is 0 Å². The van der Waals surface area contributed by atoms with Gasteiger partial charge in [-0.2, -0.15) is 18.4 Å². The predicted molar refractivity (Wildman–Crippen MR) is 91.7 cm³/mol. The van der Waals surface area contributed by atoms with Crippen LogP contribution in [-0.4, -0.2) is 47.4 Å². The maximum absolute atomic E-state index is 13.5. The number of halogens is 3. The molecule has 28 heavy (non-hydrogen) atoms. The molecule has 12 heteroatoms. The molecular weight excluding hydrogens is 399 g/mol. The second-order valence-corrected chi connectivity index (χ2v) is 7.75. The second kappa shape index (κ2) is 6.87. The Labute approximate surface area is 157 Å². The lowest BCUT2D eigenvalue weighted by atomic mass is 9.92. The molecule has 8 nitrogen and oxygen atoms in total. The number of aromatic amines is 1. The number of tetrazole rings is 1. The van der Waals surface area contributed by atoms with Crippen molar-refractivity contribution in [1.82, 2.24) is 20.6 Å². The predicted octanol–water partition coefficient (Wildman–Crippen LogP) is 1.82. The van der Waals surface area contributed by atoms with Crippen LogP contribution in [0.5, 0.6) is 0 Å². The first-order valence-corrected chi connectivity index (χ1v) is 9.20. The van der Waals surface area contributed by atoms with Crippen molar-refractivity contribution in [3.05, 3.63) is 66.0 Å². The highest BCUT2D eigenvalue weighted by molar-refractivity contribution is 7.92. The van der Waals surface area contributed by atoms with Crippen LogP contribution in [0.1, 0.15) is 11.4 Å². The van der Waals surface area contributed by atoms with Crippen LogP contribution in [0.3, 0.4) is 0 Å². The smallest absolute Gasteiger partial charge is 0.370 e. The van der Waals surface area contributed by atoms with Gasteiger partial charge in [-0.3, -0.25) is 4.31 Å². The van der Waals surface area contributed by atoms with E-state index < -0.39 is 33.2 Å². The third-order valence-corrected chi connectivity index (χ3v) is 5.93. The van der Waals surface area contributed by atoms with E-state index in [-0.39, 0.29) is 10.6 Å². The Morgan fingerprint density at radius 3 is 2.14 bits per heavy atom. The minimum Gasteiger partial charge on any atom is -0.370 e. The van der Waals surface area contributed by atoms with Gasteiger partial charge in [-0.25, -0.2) is 8.42 Å². The SMILES string of the molecule is CN(c1ccc(C(O)(c2nn[nH]n2)C(F)(F)F)cc1)S(=O)(=O)c1ccccc1. The minimum absolute atomic E-state index is 0.0279. The summed E-state index contributed by atoms with van der Waals surface area (Å²) in [5.74, 6) is -0.974. The molecule has 0 amide bonds. The molecule has 2 aromatic carbocycles. The van der Waals surface area contributed by atoms with Gasteiger partial charge in [-0.15, -0.1) is 10.2 Å². The van der Waals surface area contributed by atoms with E-state index in [2.05, 4.69) is 15.4 Å². The van der Waals surface area contributed by atoms with E-state index in [9.17, 15) is 26.7 Å². The topological polar surface area (TPSA) is 112 Å². The van der Waals surface area contributed by atoms with Crippen molar-refractivity contribution in [1.29, 1.82) is 0 Å². The summed E-state index contributed by atoms with van der Waals surface area (Å²) in [4.78, 5) is 0.0279. The number of hydrogen-bond donors (Lipinski definition) is 2. The van der Waals surface area contributed by atoms with E-state index in [1.165, 1.54) is 19.2 Å². The highest BCUT2D eigenvalue weighted by Gasteiger charge is 2.59. The fraction of sp³-hybridized carbons (Fsp3) is 0.188. The standard InChI is InChI=1S/C16H14F3N5O3S/c1-24(28(26,27)13-5-3-2-4-6-13)12-9-7-11(8-10-12)15(25,16(17,18)19)14-20-22-23-21-14/h2-10,25H,1H3,(H,20,21,22,23). The quantitative estimate of drug-likeness (QED) is 0.660. The molecule has 0 aliphatic rings. The lowest BCUT2D eigenvalue weighted by molar-refractivity contribution is -0.251. The van der Waals surface area contributed by atoms with E-state index in [0.29, 0.717) is 0 Å². The van der Waals surface area contributed by atoms with Gasteiger partial charge in [0.15, 0.2) is 0 Å². The molecule has 0 saturated carbocycles. The van der Waals surface area contributed by atoms with Crippen molar-refractivity contribution in [2.75, 3.05) is 11.4 Å². The zero-order valence-electron chi connectivity index (χ0n) is 14.3. The Hall–Kier alpha value is -2.99. The normalized spacial score (nSPS) is 14.5. The fourth-order valence-corrected chi connectivity index (χ4v) is 3.75. The summed E-state index contributed by atoms with van der Waals surface area (Å²) < 4.78 is 66.8. The van der Waals surface area contributed by atoms with Crippen LogP contribution in [0.15, 0.2) is 59.5 Å². The van der Waals surface area contributed by atoms with Crippen LogP contribution in [0.4, 0.5) is 18.9 Å². The molecule has 1 aromatic heterocycles. The highest BCUT2D eigenvalue weighted by atomic mass is 32.2. The van der Waals surface area contributed by atoms with Crippen LogP contribution < -0.4 is 4.31 Å². The summed E-state index contributed by atoms with van der Waals surface area (Å²) in [6, 6.07) is 11.8. The third-order valence-electron chi connectivity index (χ3n) is 4.13. The van der Waals surface area contributed by atoms with E-state index in [1.54, 1.807) is 18.2 Å². The molecule has 0 bridgehead atoms. The third kappa shape index (κ3) is 3.20. The maximum atomic E-state index is 13.5. The number of H-pyrrole nitrogens is 1. The number of benzene rings is 2. The first-order chi connectivity index (χ1) is 13.1. The molecule has 1 unspecified atom stereocenters.